The number of rotatable bonds is 7. The third-order valence-corrected chi connectivity index (χ3v) is 6.53. The quantitative estimate of drug-likeness (QED) is 0.331. The van der Waals surface area contributed by atoms with E-state index in [4.69, 9.17) is 21.1 Å². The van der Waals surface area contributed by atoms with Crippen molar-refractivity contribution in [2.75, 3.05) is 30.0 Å². The fraction of sp³-hybridized carbons (Fsp3) is 0.300. The number of benzene rings is 3. The van der Waals surface area contributed by atoms with Crippen molar-refractivity contribution < 1.29 is 29.0 Å². The fourth-order valence-corrected chi connectivity index (χ4v) is 4.66. The summed E-state index contributed by atoms with van der Waals surface area (Å²) in [7, 11) is 1.60. The number of methoxy groups -OCH3 is 1. The van der Waals surface area contributed by atoms with E-state index in [1.165, 1.54) is 0 Å². The first-order valence-electron chi connectivity index (χ1n) is 12.8. The van der Waals surface area contributed by atoms with Gasteiger partial charge >= 0.3 is 12.2 Å². The maximum absolute atomic E-state index is 14.0. The van der Waals surface area contributed by atoms with Gasteiger partial charge in [-0.05, 0) is 75.2 Å². The highest BCUT2D eigenvalue weighted by Gasteiger charge is 2.32. The normalized spacial score (nSPS) is 12.8. The molecule has 9 nitrogen and oxygen atoms in total. The molecule has 0 radical (unpaired) electrons. The summed E-state index contributed by atoms with van der Waals surface area (Å²) in [6, 6.07) is 20.1. The van der Waals surface area contributed by atoms with Crippen molar-refractivity contribution in [3.05, 3.63) is 82.9 Å². The lowest BCUT2D eigenvalue weighted by Crippen LogP contribution is -2.41. The molecule has 0 unspecified atom stereocenters. The van der Waals surface area contributed by atoms with Crippen molar-refractivity contribution in [2.45, 2.75) is 39.3 Å². The van der Waals surface area contributed by atoms with E-state index < -0.39 is 17.8 Å². The zero-order valence-electron chi connectivity index (χ0n) is 22.9. The van der Waals surface area contributed by atoms with Crippen LogP contribution in [0.3, 0.4) is 0 Å². The van der Waals surface area contributed by atoms with Gasteiger partial charge in [0, 0.05) is 18.1 Å². The Hall–Kier alpha value is -4.24. The maximum Gasteiger partial charge on any atom is 0.419 e. The van der Waals surface area contributed by atoms with Crippen LogP contribution in [0.1, 0.15) is 43.1 Å². The first-order chi connectivity index (χ1) is 19.0. The third kappa shape index (κ3) is 6.48. The monoisotopic (exact) mass is 565 g/mol. The van der Waals surface area contributed by atoms with Crippen LogP contribution in [-0.2, 0) is 11.3 Å². The molecule has 0 aromatic heterocycles. The molecule has 1 aliphatic rings. The largest absolute Gasteiger partial charge is 0.497 e. The average Bonchev–Trinajstić information content (AvgIpc) is 2.99. The number of carboxylic acid groups (broad SMARTS) is 1. The lowest BCUT2D eigenvalue weighted by molar-refractivity contribution is 0.0269. The summed E-state index contributed by atoms with van der Waals surface area (Å²) in [5.74, 6) is 0.526. The van der Waals surface area contributed by atoms with Crippen LogP contribution in [0.5, 0.6) is 5.75 Å². The van der Waals surface area contributed by atoms with E-state index in [2.05, 4.69) is 0 Å². The highest BCUT2D eigenvalue weighted by Crippen LogP contribution is 2.42. The van der Waals surface area contributed by atoms with Gasteiger partial charge in [-0.3, -0.25) is 4.79 Å². The second-order valence-electron chi connectivity index (χ2n) is 10.3. The van der Waals surface area contributed by atoms with Crippen LogP contribution in [0, 0.1) is 0 Å². The molecule has 0 fully saturated rings. The van der Waals surface area contributed by atoms with Crippen LogP contribution in [0.25, 0.3) is 0 Å². The van der Waals surface area contributed by atoms with Gasteiger partial charge < -0.3 is 24.4 Å². The van der Waals surface area contributed by atoms with Gasteiger partial charge in [-0.25, -0.2) is 14.5 Å². The number of carbonyl (C=O) groups excluding carboxylic acids is 2. The van der Waals surface area contributed by atoms with Crippen LogP contribution < -0.4 is 14.5 Å². The number of carbonyl (C=O) groups is 3. The minimum Gasteiger partial charge on any atom is -0.497 e. The molecule has 10 heteroatoms. The highest BCUT2D eigenvalue weighted by molar-refractivity contribution is 6.31. The SMILES string of the molecule is COc1ccc(CN2C(=O)c3ccc(Cl)cc3N(CCCN(C(=O)O)C(=O)OC(C)(C)C)c3ccccc32)cc1. The molecule has 3 aromatic rings. The van der Waals surface area contributed by atoms with Crippen molar-refractivity contribution >= 4 is 46.8 Å². The highest BCUT2D eigenvalue weighted by atomic mass is 35.5. The Morgan fingerprint density at radius 1 is 0.950 bits per heavy atom. The number of ether oxygens (including phenoxy) is 2. The Balaban J connectivity index is 1.68. The van der Waals surface area contributed by atoms with Gasteiger partial charge in [-0.15, -0.1) is 0 Å². The van der Waals surface area contributed by atoms with E-state index >= 15 is 0 Å². The van der Waals surface area contributed by atoms with Gasteiger partial charge in [0.15, 0.2) is 0 Å². The zero-order chi connectivity index (χ0) is 29.0. The van der Waals surface area contributed by atoms with Gasteiger partial charge in [-0.2, -0.15) is 0 Å². The van der Waals surface area contributed by atoms with Crippen LogP contribution in [-0.4, -0.2) is 53.9 Å². The molecule has 3 aromatic carbocycles. The molecule has 40 heavy (non-hydrogen) atoms. The number of amides is 3. The topological polar surface area (TPSA) is 99.6 Å². The number of imide groups is 1. The molecule has 0 spiro atoms. The summed E-state index contributed by atoms with van der Waals surface area (Å²) >= 11 is 6.38. The standard InChI is InChI=1S/C30H32ClN3O6/c1-30(2,3)40-29(38)33(28(36)37)17-7-16-32-24-8-5-6-9-25(24)34(19-20-10-13-22(39-4)14-11-20)27(35)23-15-12-21(31)18-26(23)32/h5-6,8-15,18H,7,16-17,19H2,1-4H3,(H,36,37). The van der Waals surface area contributed by atoms with Crippen molar-refractivity contribution in [3.63, 3.8) is 0 Å². The second kappa shape index (κ2) is 11.9. The van der Waals surface area contributed by atoms with Gasteiger partial charge in [0.05, 0.1) is 36.3 Å². The minimum atomic E-state index is -1.39. The number of hydrogen-bond acceptors (Lipinski definition) is 6. The summed E-state index contributed by atoms with van der Waals surface area (Å²) in [4.78, 5) is 42.6. The van der Waals surface area contributed by atoms with E-state index in [0.717, 1.165) is 17.0 Å². The van der Waals surface area contributed by atoms with Gasteiger partial charge in [0.25, 0.3) is 5.91 Å². The van der Waals surface area contributed by atoms with E-state index in [-0.39, 0.29) is 18.9 Å². The fourth-order valence-electron chi connectivity index (χ4n) is 4.49. The van der Waals surface area contributed by atoms with E-state index in [1.807, 2.05) is 53.4 Å². The Morgan fingerprint density at radius 2 is 1.60 bits per heavy atom. The molecule has 0 atom stereocenters. The van der Waals surface area contributed by atoms with Crippen molar-refractivity contribution in [1.82, 2.24) is 4.90 Å². The number of para-hydroxylation sites is 2. The molecule has 210 valence electrons. The summed E-state index contributed by atoms with van der Waals surface area (Å²) in [5, 5.41) is 10.1. The lowest BCUT2D eigenvalue weighted by atomic mass is 10.1. The molecular formula is C30H32ClN3O6. The van der Waals surface area contributed by atoms with Crippen molar-refractivity contribution in [2.24, 2.45) is 0 Å². The summed E-state index contributed by atoms with van der Waals surface area (Å²) in [6.07, 6.45) is -2.05. The Morgan fingerprint density at radius 3 is 2.20 bits per heavy atom. The number of halogens is 1. The number of hydrogen-bond donors (Lipinski definition) is 1. The van der Waals surface area contributed by atoms with Gasteiger partial charge in [-0.1, -0.05) is 35.9 Å². The van der Waals surface area contributed by atoms with Crippen LogP contribution >= 0.6 is 11.6 Å². The molecular weight excluding hydrogens is 534 g/mol. The zero-order valence-corrected chi connectivity index (χ0v) is 23.6. The average molecular weight is 566 g/mol. The molecule has 0 saturated carbocycles. The predicted octanol–water partition coefficient (Wildman–Crippen LogP) is 6.95. The summed E-state index contributed by atoms with van der Waals surface area (Å²) in [5.41, 5.74) is 2.58. The molecule has 1 heterocycles. The first-order valence-corrected chi connectivity index (χ1v) is 13.2. The van der Waals surface area contributed by atoms with Crippen molar-refractivity contribution in [1.29, 1.82) is 0 Å². The number of anilines is 3. The Labute approximate surface area is 238 Å². The predicted molar refractivity (Wildman–Crippen MR) is 154 cm³/mol. The molecule has 0 bridgehead atoms. The van der Waals surface area contributed by atoms with E-state index in [1.54, 1.807) is 51.0 Å². The minimum absolute atomic E-state index is 0.0949. The smallest absolute Gasteiger partial charge is 0.419 e. The lowest BCUT2D eigenvalue weighted by Gasteiger charge is -2.29. The number of fused-ring (bicyclic) bond motifs is 2. The molecule has 3 amide bonds. The van der Waals surface area contributed by atoms with E-state index in [9.17, 15) is 19.5 Å². The second-order valence-corrected chi connectivity index (χ2v) is 10.7. The first kappa shape index (κ1) is 28.8. The molecule has 4 rings (SSSR count). The summed E-state index contributed by atoms with van der Waals surface area (Å²) < 4.78 is 10.5. The molecule has 1 aliphatic heterocycles. The van der Waals surface area contributed by atoms with Gasteiger partial charge in [0.1, 0.15) is 11.4 Å². The Kier molecular flexibility index (Phi) is 8.54. The van der Waals surface area contributed by atoms with Crippen LogP contribution in [0.4, 0.5) is 26.7 Å². The van der Waals surface area contributed by atoms with Crippen molar-refractivity contribution in [3.8, 4) is 5.75 Å². The van der Waals surface area contributed by atoms with Crippen LogP contribution in [0.2, 0.25) is 5.02 Å². The van der Waals surface area contributed by atoms with E-state index in [0.29, 0.717) is 40.0 Å². The van der Waals surface area contributed by atoms with Gasteiger partial charge in [0.2, 0.25) is 0 Å². The molecule has 0 saturated heterocycles. The molecule has 0 aliphatic carbocycles. The number of nitrogens with zero attached hydrogens (tertiary/aromatic N) is 3. The van der Waals surface area contributed by atoms with Crippen LogP contribution in [0.15, 0.2) is 66.7 Å². The Bertz CT molecular complexity index is 1400. The molecule has 1 N–H and O–H groups in total. The third-order valence-electron chi connectivity index (χ3n) is 6.30. The maximum atomic E-state index is 14.0. The summed E-state index contributed by atoms with van der Waals surface area (Å²) in [6.45, 7) is 5.56.